The summed E-state index contributed by atoms with van der Waals surface area (Å²) in [7, 11) is 0. The minimum absolute atomic E-state index is 0.00176. The smallest absolute Gasteiger partial charge is 0.310 e. The summed E-state index contributed by atoms with van der Waals surface area (Å²) in [5, 5.41) is 16.1. The highest BCUT2D eigenvalue weighted by molar-refractivity contribution is 5.96. The number of carboxylic acid groups (broad SMARTS) is 1. The molecule has 0 aliphatic carbocycles. The van der Waals surface area contributed by atoms with Gasteiger partial charge in [0.15, 0.2) is 0 Å². The van der Waals surface area contributed by atoms with Gasteiger partial charge in [0.2, 0.25) is 0 Å². The molecule has 2 N–H and O–H groups in total. The van der Waals surface area contributed by atoms with E-state index in [4.69, 9.17) is 5.11 Å². The molecule has 1 amide bonds. The number of halogens is 1. The number of amides is 1. The minimum Gasteiger partial charge on any atom is -0.481 e. The SMILES string of the molecule is Cc1nn(-c2ccc(F)cc2)c(C)c1C(=O)NCC(C)(C)C(=O)O. The number of carboxylic acids is 1. The fourth-order valence-electron chi connectivity index (χ4n) is 2.27. The summed E-state index contributed by atoms with van der Waals surface area (Å²) >= 11 is 0. The zero-order valence-electron chi connectivity index (χ0n) is 14.1. The Hall–Kier alpha value is -2.70. The lowest BCUT2D eigenvalue weighted by Gasteiger charge is -2.19. The standard InChI is InChI=1S/C17H20FN3O3/c1-10-14(15(22)19-9-17(3,4)16(23)24)11(2)21(20-10)13-7-5-12(18)6-8-13/h5-8H,9H2,1-4H3,(H,19,22)(H,23,24). The maximum absolute atomic E-state index is 13.1. The predicted octanol–water partition coefficient (Wildman–Crippen LogP) is 2.47. The first kappa shape index (κ1) is 17.7. The molecule has 0 unspecified atom stereocenters. The van der Waals surface area contributed by atoms with Crippen molar-refractivity contribution in [2.24, 2.45) is 5.41 Å². The van der Waals surface area contributed by atoms with E-state index in [1.165, 1.54) is 26.0 Å². The maximum atomic E-state index is 13.1. The minimum atomic E-state index is -1.07. The molecule has 1 heterocycles. The van der Waals surface area contributed by atoms with Gasteiger partial charge < -0.3 is 10.4 Å². The van der Waals surface area contributed by atoms with E-state index < -0.39 is 11.4 Å². The first-order valence-electron chi connectivity index (χ1n) is 7.47. The van der Waals surface area contributed by atoms with Crippen molar-refractivity contribution in [2.45, 2.75) is 27.7 Å². The van der Waals surface area contributed by atoms with Gasteiger partial charge in [-0.25, -0.2) is 9.07 Å². The Morgan fingerprint density at radius 3 is 2.38 bits per heavy atom. The first-order valence-corrected chi connectivity index (χ1v) is 7.47. The molecule has 1 aromatic heterocycles. The number of nitrogens with zero attached hydrogens (tertiary/aromatic N) is 2. The number of hydrogen-bond donors (Lipinski definition) is 2. The van der Waals surface area contributed by atoms with Gasteiger partial charge >= 0.3 is 5.97 Å². The summed E-state index contributed by atoms with van der Waals surface area (Å²) in [6.07, 6.45) is 0. The molecule has 0 atom stereocenters. The average molecular weight is 333 g/mol. The van der Waals surface area contributed by atoms with E-state index in [1.54, 1.807) is 30.7 Å². The molecule has 2 aromatic rings. The van der Waals surface area contributed by atoms with Gasteiger partial charge in [-0.15, -0.1) is 0 Å². The molecule has 24 heavy (non-hydrogen) atoms. The number of carbonyl (C=O) groups is 2. The van der Waals surface area contributed by atoms with Crippen LogP contribution in [0.3, 0.4) is 0 Å². The number of rotatable bonds is 5. The normalized spacial score (nSPS) is 11.4. The first-order chi connectivity index (χ1) is 11.1. The van der Waals surface area contributed by atoms with Crippen LogP contribution in [-0.2, 0) is 4.79 Å². The Kier molecular flexibility index (Phi) is 4.73. The van der Waals surface area contributed by atoms with Crippen LogP contribution in [0.5, 0.6) is 0 Å². The molecule has 0 aliphatic heterocycles. The second-order valence-corrected chi connectivity index (χ2v) is 6.31. The van der Waals surface area contributed by atoms with Gasteiger partial charge in [-0.1, -0.05) is 0 Å². The van der Waals surface area contributed by atoms with Gasteiger partial charge in [-0.3, -0.25) is 9.59 Å². The lowest BCUT2D eigenvalue weighted by atomic mass is 9.94. The van der Waals surface area contributed by atoms with E-state index in [1.807, 2.05) is 0 Å². The fraction of sp³-hybridized carbons (Fsp3) is 0.353. The van der Waals surface area contributed by atoms with Crippen molar-refractivity contribution in [1.29, 1.82) is 0 Å². The van der Waals surface area contributed by atoms with Crippen LogP contribution < -0.4 is 5.32 Å². The molecular weight excluding hydrogens is 313 g/mol. The van der Waals surface area contributed by atoms with E-state index in [-0.39, 0.29) is 18.3 Å². The third-order valence-corrected chi connectivity index (χ3v) is 3.86. The number of aryl methyl sites for hydroxylation is 1. The summed E-state index contributed by atoms with van der Waals surface area (Å²) in [6, 6.07) is 5.79. The summed E-state index contributed by atoms with van der Waals surface area (Å²) in [5.41, 5.74) is 1.08. The number of aliphatic carboxylic acids is 1. The maximum Gasteiger partial charge on any atom is 0.310 e. The van der Waals surface area contributed by atoms with Crippen LogP contribution in [0.15, 0.2) is 24.3 Å². The van der Waals surface area contributed by atoms with E-state index in [0.717, 1.165) is 0 Å². The number of hydrogen-bond acceptors (Lipinski definition) is 3. The predicted molar refractivity (Wildman–Crippen MR) is 86.7 cm³/mol. The van der Waals surface area contributed by atoms with Gasteiger partial charge in [0.1, 0.15) is 5.82 Å². The third-order valence-electron chi connectivity index (χ3n) is 3.86. The van der Waals surface area contributed by atoms with E-state index >= 15 is 0 Å². The van der Waals surface area contributed by atoms with Gasteiger partial charge in [0, 0.05) is 6.54 Å². The molecule has 128 valence electrons. The molecule has 0 bridgehead atoms. The average Bonchev–Trinajstić information content (AvgIpc) is 2.80. The Bertz CT molecular complexity index is 779. The highest BCUT2D eigenvalue weighted by Gasteiger charge is 2.29. The van der Waals surface area contributed by atoms with Crippen LogP contribution in [0.25, 0.3) is 5.69 Å². The highest BCUT2D eigenvalue weighted by Crippen LogP contribution is 2.19. The lowest BCUT2D eigenvalue weighted by Crippen LogP contribution is -2.39. The molecule has 1 aromatic carbocycles. The molecule has 7 heteroatoms. The zero-order valence-corrected chi connectivity index (χ0v) is 14.1. The van der Waals surface area contributed by atoms with E-state index in [2.05, 4.69) is 10.4 Å². The van der Waals surface area contributed by atoms with Crippen molar-refractivity contribution < 1.29 is 19.1 Å². The Balaban J connectivity index is 2.27. The molecule has 0 aliphatic rings. The monoisotopic (exact) mass is 333 g/mol. The Morgan fingerprint density at radius 1 is 1.25 bits per heavy atom. The van der Waals surface area contributed by atoms with Crippen molar-refractivity contribution in [3.05, 3.63) is 47.0 Å². The quantitative estimate of drug-likeness (QED) is 0.880. The van der Waals surface area contributed by atoms with Crippen molar-refractivity contribution in [3.8, 4) is 5.69 Å². The van der Waals surface area contributed by atoms with Crippen molar-refractivity contribution >= 4 is 11.9 Å². The summed E-state index contributed by atoms with van der Waals surface area (Å²) in [5.74, 6) is -1.72. The molecule has 0 saturated heterocycles. The van der Waals surface area contributed by atoms with Gasteiger partial charge in [-0.2, -0.15) is 5.10 Å². The third kappa shape index (κ3) is 3.45. The molecule has 0 fully saturated rings. The number of nitrogens with one attached hydrogen (secondary N) is 1. The van der Waals surface area contributed by atoms with Crippen LogP contribution in [0.4, 0.5) is 4.39 Å². The summed E-state index contributed by atoms with van der Waals surface area (Å²) in [6.45, 7) is 6.52. The molecule has 0 radical (unpaired) electrons. The molecule has 6 nitrogen and oxygen atoms in total. The van der Waals surface area contributed by atoms with Crippen LogP contribution >= 0.6 is 0 Å². The fourth-order valence-corrected chi connectivity index (χ4v) is 2.27. The second kappa shape index (κ2) is 6.43. The number of benzene rings is 1. The van der Waals surface area contributed by atoms with Crippen molar-refractivity contribution in [1.82, 2.24) is 15.1 Å². The molecule has 2 rings (SSSR count). The molecular formula is C17H20FN3O3. The van der Waals surface area contributed by atoms with Gasteiger partial charge in [0.05, 0.1) is 28.1 Å². The Labute approximate surface area is 139 Å². The number of carbonyl (C=O) groups excluding carboxylic acids is 1. The van der Waals surface area contributed by atoms with Crippen LogP contribution in [0.2, 0.25) is 0 Å². The van der Waals surface area contributed by atoms with Crippen LogP contribution in [-0.4, -0.2) is 33.3 Å². The summed E-state index contributed by atoms with van der Waals surface area (Å²) < 4.78 is 14.6. The number of aromatic nitrogens is 2. The van der Waals surface area contributed by atoms with Crippen molar-refractivity contribution in [2.75, 3.05) is 6.54 Å². The zero-order chi connectivity index (χ0) is 18.1. The molecule has 0 saturated carbocycles. The van der Waals surface area contributed by atoms with E-state index in [9.17, 15) is 14.0 Å². The van der Waals surface area contributed by atoms with Crippen molar-refractivity contribution in [3.63, 3.8) is 0 Å². The second-order valence-electron chi connectivity index (χ2n) is 6.31. The van der Waals surface area contributed by atoms with Gasteiger partial charge in [0.25, 0.3) is 5.91 Å². The highest BCUT2D eigenvalue weighted by atomic mass is 19.1. The topological polar surface area (TPSA) is 84.2 Å². The Morgan fingerprint density at radius 2 is 1.83 bits per heavy atom. The largest absolute Gasteiger partial charge is 0.481 e. The van der Waals surface area contributed by atoms with Crippen LogP contribution in [0.1, 0.15) is 35.6 Å². The van der Waals surface area contributed by atoms with Crippen LogP contribution in [0, 0.1) is 25.1 Å². The molecule has 0 spiro atoms. The lowest BCUT2D eigenvalue weighted by molar-refractivity contribution is -0.146. The summed E-state index contributed by atoms with van der Waals surface area (Å²) in [4.78, 5) is 23.6. The van der Waals surface area contributed by atoms with E-state index in [0.29, 0.717) is 22.6 Å². The van der Waals surface area contributed by atoms with Gasteiger partial charge in [-0.05, 0) is 52.0 Å².